The minimum Gasteiger partial charge on any atom is -0.326 e. The van der Waals surface area contributed by atoms with Crippen molar-refractivity contribution in [2.24, 2.45) is 0 Å². The molecule has 1 aliphatic heterocycles. The number of hydrogen-bond acceptors (Lipinski definition) is 4. The average Bonchev–Trinajstić information content (AvgIpc) is 2.89. The molecule has 6 heteroatoms. The van der Waals surface area contributed by atoms with Gasteiger partial charge < -0.3 is 5.32 Å². The van der Waals surface area contributed by atoms with E-state index in [0.29, 0.717) is 25.3 Å². The van der Waals surface area contributed by atoms with Gasteiger partial charge in [0.05, 0.1) is 11.5 Å². The fraction of sp³-hybridized carbons (Fsp3) is 0.632. The Labute approximate surface area is 151 Å². The largest absolute Gasteiger partial charge is 0.326 e. The summed E-state index contributed by atoms with van der Waals surface area (Å²) >= 11 is 0. The summed E-state index contributed by atoms with van der Waals surface area (Å²) in [4.78, 5) is 14.6. The van der Waals surface area contributed by atoms with E-state index < -0.39 is 9.84 Å². The van der Waals surface area contributed by atoms with Crippen LogP contribution in [0.5, 0.6) is 0 Å². The molecule has 1 fully saturated rings. The fourth-order valence-electron chi connectivity index (χ4n) is 3.45. The van der Waals surface area contributed by atoms with E-state index in [-0.39, 0.29) is 23.5 Å². The Morgan fingerprint density at radius 2 is 2.08 bits per heavy atom. The van der Waals surface area contributed by atoms with Crippen LogP contribution in [0.3, 0.4) is 0 Å². The van der Waals surface area contributed by atoms with Crippen molar-refractivity contribution in [3.8, 4) is 0 Å². The number of nitrogens with one attached hydrogen (secondary N) is 1. The second-order valence-electron chi connectivity index (χ2n) is 7.18. The van der Waals surface area contributed by atoms with Gasteiger partial charge in [-0.2, -0.15) is 0 Å². The summed E-state index contributed by atoms with van der Waals surface area (Å²) in [6.07, 6.45) is 1.04. The van der Waals surface area contributed by atoms with Crippen molar-refractivity contribution in [3.05, 3.63) is 29.3 Å². The van der Waals surface area contributed by atoms with Crippen LogP contribution in [-0.4, -0.2) is 49.9 Å². The first-order valence-corrected chi connectivity index (χ1v) is 10.9. The molecule has 1 amide bonds. The summed E-state index contributed by atoms with van der Waals surface area (Å²) in [5, 5.41) is 3.06. The quantitative estimate of drug-likeness (QED) is 0.806. The van der Waals surface area contributed by atoms with Gasteiger partial charge in [0.1, 0.15) is 0 Å². The number of aryl methyl sites for hydroxylation is 1. The number of hydrogen-bond donors (Lipinski definition) is 1. The lowest BCUT2D eigenvalue weighted by Gasteiger charge is -2.26. The van der Waals surface area contributed by atoms with Crippen molar-refractivity contribution >= 4 is 21.4 Å². The predicted molar refractivity (Wildman–Crippen MR) is 103 cm³/mol. The molecular weight excluding hydrogens is 336 g/mol. The third-order valence-electron chi connectivity index (χ3n) is 4.95. The maximum Gasteiger partial charge on any atom is 0.225 e. The molecule has 1 aromatic rings. The molecule has 1 saturated heterocycles. The lowest BCUT2D eigenvalue weighted by molar-refractivity contribution is -0.116. The predicted octanol–water partition coefficient (Wildman–Crippen LogP) is 2.96. The van der Waals surface area contributed by atoms with Crippen LogP contribution in [0.2, 0.25) is 0 Å². The van der Waals surface area contributed by atoms with Crippen LogP contribution in [0, 0.1) is 6.92 Å². The molecule has 0 bridgehead atoms. The molecule has 5 nitrogen and oxygen atoms in total. The number of carbonyl (C=O) groups excluding carboxylic acids is 1. The van der Waals surface area contributed by atoms with E-state index in [1.165, 1.54) is 0 Å². The Morgan fingerprint density at radius 1 is 1.36 bits per heavy atom. The summed E-state index contributed by atoms with van der Waals surface area (Å²) in [6, 6.07) is 6.12. The van der Waals surface area contributed by atoms with Gasteiger partial charge in [-0.1, -0.05) is 39.0 Å². The van der Waals surface area contributed by atoms with Crippen molar-refractivity contribution in [1.82, 2.24) is 4.90 Å². The molecule has 1 aliphatic rings. The number of rotatable bonds is 7. The van der Waals surface area contributed by atoms with Gasteiger partial charge >= 0.3 is 0 Å². The summed E-state index contributed by atoms with van der Waals surface area (Å²) in [7, 11) is -2.90. The SMILES string of the molecule is CCN(CCC(=O)Nc1c(C)cccc1C(C)C)C1CCS(=O)(=O)C1. The summed E-state index contributed by atoms with van der Waals surface area (Å²) < 4.78 is 23.3. The van der Waals surface area contributed by atoms with Crippen LogP contribution in [0.15, 0.2) is 18.2 Å². The standard InChI is InChI=1S/C19H30N2O3S/c1-5-21(16-10-12-25(23,24)13-16)11-9-18(22)20-19-15(4)7-6-8-17(19)14(2)3/h6-8,14,16H,5,9-13H2,1-4H3,(H,20,22). The second kappa shape index (κ2) is 8.32. The molecule has 140 valence electrons. The van der Waals surface area contributed by atoms with Gasteiger partial charge in [-0.3, -0.25) is 9.69 Å². The molecule has 1 heterocycles. The molecule has 0 saturated carbocycles. The number of anilines is 1. The highest BCUT2D eigenvalue weighted by molar-refractivity contribution is 7.91. The molecule has 0 spiro atoms. The summed E-state index contributed by atoms with van der Waals surface area (Å²) in [6.45, 7) is 9.60. The lowest BCUT2D eigenvalue weighted by Crippen LogP contribution is -2.38. The average molecular weight is 367 g/mol. The zero-order valence-corrected chi connectivity index (χ0v) is 16.5. The van der Waals surface area contributed by atoms with Crippen LogP contribution < -0.4 is 5.32 Å². The zero-order valence-electron chi connectivity index (χ0n) is 15.7. The van der Waals surface area contributed by atoms with Gasteiger partial charge in [-0.05, 0) is 36.9 Å². The molecular formula is C19H30N2O3S. The number of benzene rings is 1. The first-order chi connectivity index (χ1) is 11.7. The van der Waals surface area contributed by atoms with Crippen LogP contribution in [-0.2, 0) is 14.6 Å². The number of nitrogens with zero attached hydrogens (tertiary/aromatic N) is 1. The molecule has 0 radical (unpaired) electrons. The summed E-state index contributed by atoms with van der Waals surface area (Å²) in [5.74, 6) is 0.806. The number of para-hydroxylation sites is 1. The van der Waals surface area contributed by atoms with Crippen LogP contribution in [0.25, 0.3) is 0 Å². The number of sulfone groups is 1. The van der Waals surface area contributed by atoms with Gasteiger partial charge in [0.2, 0.25) is 5.91 Å². The maximum absolute atomic E-state index is 12.4. The Hall–Kier alpha value is -1.40. The Morgan fingerprint density at radius 3 is 2.64 bits per heavy atom. The third-order valence-corrected chi connectivity index (χ3v) is 6.70. The normalized spacial score (nSPS) is 19.5. The summed E-state index contributed by atoms with van der Waals surface area (Å²) in [5.41, 5.74) is 3.12. The van der Waals surface area contributed by atoms with Gasteiger partial charge in [0, 0.05) is 24.7 Å². The monoisotopic (exact) mass is 366 g/mol. The molecule has 1 aromatic carbocycles. The number of carbonyl (C=O) groups is 1. The van der Waals surface area contributed by atoms with Crippen molar-refractivity contribution in [1.29, 1.82) is 0 Å². The second-order valence-corrected chi connectivity index (χ2v) is 9.41. The van der Waals surface area contributed by atoms with Crippen LogP contribution in [0.4, 0.5) is 5.69 Å². The minimum atomic E-state index is -2.90. The zero-order chi connectivity index (χ0) is 18.6. The first kappa shape index (κ1) is 19.9. The molecule has 0 aromatic heterocycles. The van der Waals surface area contributed by atoms with E-state index in [0.717, 1.165) is 23.4 Å². The van der Waals surface area contributed by atoms with E-state index in [1.54, 1.807) is 0 Å². The first-order valence-electron chi connectivity index (χ1n) is 9.07. The minimum absolute atomic E-state index is 0.0181. The van der Waals surface area contributed by atoms with Crippen molar-refractivity contribution in [2.45, 2.75) is 52.5 Å². The molecule has 0 aliphatic carbocycles. The Bertz CT molecular complexity index is 713. The third kappa shape index (κ3) is 5.28. The Kier molecular flexibility index (Phi) is 6.63. The van der Waals surface area contributed by atoms with Crippen molar-refractivity contribution < 1.29 is 13.2 Å². The number of amides is 1. The van der Waals surface area contributed by atoms with Gasteiger partial charge in [0.15, 0.2) is 9.84 Å². The highest BCUT2D eigenvalue weighted by atomic mass is 32.2. The molecule has 2 rings (SSSR count). The topological polar surface area (TPSA) is 66.5 Å². The highest BCUT2D eigenvalue weighted by Crippen LogP contribution is 2.27. The van der Waals surface area contributed by atoms with E-state index in [1.807, 2.05) is 26.0 Å². The Balaban J connectivity index is 1.97. The lowest BCUT2D eigenvalue weighted by atomic mass is 9.98. The van der Waals surface area contributed by atoms with E-state index >= 15 is 0 Å². The highest BCUT2D eigenvalue weighted by Gasteiger charge is 2.31. The molecule has 25 heavy (non-hydrogen) atoms. The fourth-order valence-corrected chi connectivity index (χ4v) is 5.21. The van der Waals surface area contributed by atoms with E-state index in [2.05, 4.69) is 30.1 Å². The molecule has 1 N–H and O–H groups in total. The smallest absolute Gasteiger partial charge is 0.225 e. The van der Waals surface area contributed by atoms with Gasteiger partial charge in [-0.15, -0.1) is 0 Å². The molecule has 1 atom stereocenters. The van der Waals surface area contributed by atoms with Gasteiger partial charge in [0.25, 0.3) is 0 Å². The van der Waals surface area contributed by atoms with Crippen molar-refractivity contribution in [3.63, 3.8) is 0 Å². The van der Waals surface area contributed by atoms with E-state index in [4.69, 9.17) is 0 Å². The molecule has 1 unspecified atom stereocenters. The van der Waals surface area contributed by atoms with E-state index in [9.17, 15) is 13.2 Å². The van der Waals surface area contributed by atoms with Crippen LogP contribution in [0.1, 0.15) is 50.7 Å². The van der Waals surface area contributed by atoms with Crippen LogP contribution >= 0.6 is 0 Å². The maximum atomic E-state index is 12.4. The van der Waals surface area contributed by atoms with Gasteiger partial charge in [-0.25, -0.2) is 8.42 Å². The van der Waals surface area contributed by atoms with Crippen molar-refractivity contribution in [2.75, 3.05) is 29.9 Å².